The molecule has 1 aliphatic heterocycles. The van der Waals surface area contributed by atoms with E-state index >= 15 is 0 Å². The van der Waals surface area contributed by atoms with Crippen LogP contribution in [0.1, 0.15) is 57.1 Å². The van der Waals surface area contributed by atoms with Gasteiger partial charge < -0.3 is 10.0 Å². The summed E-state index contributed by atoms with van der Waals surface area (Å²) in [6, 6.07) is 9.12. The summed E-state index contributed by atoms with van der Waals surface area (Å²) in [4.78, 5) is 2.59. The molecule has 19 heavy (non-hydrogen) atoms. The number of hydrogen-bond donors (Lipinski definition) is 1. The van der Waals surface area contributed by atoms with Crippen LogP contribution >= 0.6 is 0 Å². The Bertz CT molecular complexity index is 431. The number of benzene rings is 1. The smallest absolute Gasteiger partial charge is 0.0826 e. The van der Waals surface area contributed by atoms with E-state index in [1.54, 1.807) is 0 Å². The fraction of sp³-hybridized carbons (Fsp3) is 0.647. The molecule has 0 amide bonds. The van der Waals surface area contributed by atoms with Crippen molar-refractivity contribution in [1.82, 2.24) is 0 Å². The van der Waals surface area contributed by atoms with Crippen molar-refractivity contribution in [3.63, 3.8) is 0 Å². The average Bonchev–Trinajstić information content (AvgIpc) is 2.48. The standard InChI is InChI=1S/C17H25NO/c1-2-13-7-3-5-9-15(13)18-12-11-17(19)14-8-4-6-10-16(14)18/h4,6,8,10,13,15,17,19H,2-3,5,7,9,11-12H2,1H3. The first-order chi connectivity index (χ1) is 9.31. The zero-order valence-electron chi connectivity index (χ0n) is 11.9. The molecule has 1 heterocycles. The highest BCUT2D eigenvalue weighted by molar-refractivity contribution is 5.57. The summed E-state index contributed by atoms with van der Waals surface area (Å²) in [5, 5.41) is 10.2. The highest BCUT2D eigenvalue weighted by Crippen LogP contribution is 2.40. The molecule has 104 valence electrons. The minimum atomic E-state index is -0.267. The summed E-state index contributed by atoms with van der Waals surface area (Å²) < 4.78 is 0. The SMILES string of the molecule is CCC1CCCCC1N1CCC(O)c2ccccc21. The van der Waals surface area contributed by atoms with Crippen LogP contribution in [0.25, 0.3) is 0 Å². The second-order valence-electron chi connectivity index (χ2n) is 6.08. The van der Waals surface area contributed by atoms with Crippen LogP contribution in [0, 0.1) is 5.92 Å². The van der Waals surface area contributed by atoms with Gasteiger partial charge in [0.05, 0.1) is 6.10 Å². The second-order valence-corrected chi connectivity index (χ2v) is 6.08. The fourth-order valence-electron chi connectivity index (χ4n) is 3.99. The average molecular weight is 259 g/mol. The van der Waals surface area contributed by atoms with Crippen LogP contribution in [-0.2, 0) is 0 Å². The molecular formula is C17H25NO. The van der Waals surface area contributed by atoms with Gasteiger partial charge in [-0.1, -0.05) is 44.4 Å². The third-order valence-electron chi connectivity index (χ3n) is 5.04. The van der Waals surface area contributed by atoms with Crippen molar-refractivity contribution in [1.29, 1.82) is 0 Å². The lowest BCUT2D eigenvalue weighted by Crippen LogP contribution is -2.45. The van der Waals surface area contributed by atoms with Crippen molar-refractivity contribution in [3.05, 3.63) is 29.8 Å². The first-order valence-electron chi connectivity index (χ1n) is 7.85. The number of anilines is 1. The molecular weight excluding hydrogens is 234 g/mol. The van der Waals surface area contributed by atoms with Crippen LogP contribution in [0.4, 0.5) is 5.69 Å². The first-order valence-corrected chi connectivity index (χ1v) is 7.85. The van der Waals surface area contributed by atoms with E-state index in [2.05, 4.69) is 30.0 Å². The van der Waals surface area contributed by atoms with Gasteiger partial charge in [-0.25, -0.2) is 0 Å². The van der Waals surface area contributed by atoms with Crippen LogP contribution < -0.4 is 4.90 Å². The summed E-state index contributed by atoms with van der Waals surface area (Å²) >= 11 is 0. The molecule has 3 rings (SSSR count). The van der Waals surface area contributed by atoms with E-state index < -0.39 is 0 Å². The minimum Gasteiger partial charge on any atom is -0.388 e. The molecule has 3 unspecified atom stereocenters. The summed E-state index contributed by atoms with van der Waals surface area (Å²) in [6.07, 6.45) is 7.35. The van der Waals surface area contributed by atoms with Gasteiger partial charge in [-0.3, -0.25) is 0 Å². The maximum Gasteiger partial charge on any atom is 0.0826 e. The molecule has 1 aromatic carbocycles. The van der Waals surface area contributed by atoms with Crippen molar-refractivity contribution in [3.8, 4) is 0 Å². The normalized spacial score (nSPS) is 31.1. The molecule has 1 aliphatic carbocycles. The van der Waals surface area contributed by atoms with Crippen LogP contribution in [0.3, 0.4) is 0 Å². The highest BCUT2D eigenvalue weighted by Gasteiger charge is 2.33. The monoisotopic (exact) mass is 259 g/mol. The van der Waals surface area contributed by atoms with E-state index in [0.29, 0.717) is 6.04 Å². The van der Waals surface area contributed by atoms with Gasteiger partial charge in [0.25, 0.3) is 0 Å². The van der Waals surface area contributed by atoms with Gasteiger partial charge in [-0.15, -0.1) is 0 Å². The molecule has 3 atom stereocenters. The van der Waals surface area contributed by atoms with Crippen LogP contribution in [0.5, 0.6) is 0 Å². The first kappa shape index (κ1) is 13.0. The fourth-order valence-corrected chi connectivity index (χ4v) is 3.99. The van der Waals surface area contributed by atoms with E-state index in [4.69, 9.17) is 0 Å². The van der Waals surface area contributed by atoms with Crippen molar-refractivity contribution in [2.24, 2.45) is 5.92 Å². The van der Waals surface area contributed by atoms with Crippen molar-refractivity contribution in [2.75, 3.05) is 11.4 Å². The molecule has 1 aromatic rings. The van der Waals surface area contributed by atoms with Gasteiger partial charge in [0.15, 0.2) is 0 Å². The summed E-state index contributed by atoms with van der Waals surface area (Å²) in [5.41, 5.74) is 2.42. The molecule has 1 N–H and O–H groups in total. The number of para-hydroxylation sites is 1. The largest absolute Gasteiger partial charge is 0.388 e. The Kier molecular flexibility index (Phi) is 3.79. The van der Waals surface area contributed by atoms with Crippen molar-refractivity contribution < 1.29 is 5.11 Å². The molecule has 1 fully saturated rings. The van der Waals surface area contributed by atoms with E-state index in [9.17, 15) is 5.11 Å². The van der Waals surface area contributed by atoms with E-state index in [0.717, 1.165) is 24.4 Å². The predicted octanol–water partition coefficient (Wildman–Crippen LogP) is 3.90. The molecule has 2 nitrogen and oxygen atoms in total. The van der Waals surface area contributed by atoms with Gasteiger partial charge in [0, 0.05) is 23.8 Å². The summed E-state index contributed by atoms with van der Waals surface area (Å²) in [7, 11) is 0. The Morgan fingerprint density at radius 2 is 1.95 bits per heavy atom. The number of fused-ring (bicyclic) bond motifs is 1. The molecule has 2 heteroatoms. The van der Waals surface area contributed by atoms with Gasteiger partial charge >= 0.3 is 0 Å². The lowest BCUT2D eigenvalue weighted by molar-refractivity contribution is 0.158. The Hall–Kier alpha value is -1.02. The Morgan fingerprint density at radius 1 is 1.16 bits per heavy atom. The van der Waals surface area contributed by atoms with E-state index in [1.807, 2.05) is 6.07 Å². The van der Waals surface area contributed by atoms with Crippen LogP contribution in [0.15, 0.2) is 24.3 Å². The van der Waals surface area contributed by atoms with Gasteiger partial charge in [-0.2, -0.15) is 0 Å². The Balaban J connectivity index is 1.91. The Labute approximate surface area is 116 Å². The maximum absolute atomic E-state index is 10.2. The molecule has 1 saturated carbocycles. The minimum absolute atomic E-state index is 0.267. The molecule has 0 saturated heterocycles. The highest BCUT2D eigenvalue weighted by atomic mass is 16.3. The summed E-state index contributed by atoms with van der Waals surface area (Å²) in [6.45, 7) is 3.34. The Morgan fingerprint density at radius 3 is 2.79 bits per heavy atom. The van der Waals surface area contributed by atoms with Crippen molar-refractivity contribution in [2.45, 2.75) is 57.6 Å². The number of hydrogen-bond acceptors (Lipinski definition) is 2. The molecule has 0 spiro atoms. The third kappa shape index (κ3) is 2.38. The molecule has 2 aliphatic rings. The number of nitrogens with zero attached hydrogens (tertiary/aromatic N) is 1. The summed E-state index contributed by atoms with van der Waals surface area (Å²) in [5.74, 6) is 0.831. The van der Waals surface area contributed by atoms with E-state index in [-0.39, 0.29) is 6.10 Å². The maximum atomic E-state index is 10.2. The zero-order chi connectivity index (χ0) is 13.2. The van der Waals surface area contributed by atoms with Crippen molar-refractivity contribution >= 4 is 5.69 Å². The third-order valence-corrected chi connectivity index (χ3v) is 5.04. The van der Waals surface area contributed by atoms with Gasteiger partial charge in [0.2, 0.25) is 0 Å². The molecule has 0 bridgehead atoms. The van der Waals surface area contributed by atoms with Gasteiger partial charge in [0.1, 0.15) is 0 Å². The zero-order valence-corrected chi connectivity index (χ0v) is 11.9. The number of aliphatic hydroxyl groups excluding tert-OH is 1. The quantitative estimate of drug-likeness (QED) is 0.870. The van der Waals surface area contributed by atoms with E-state index in [1.165, 1.54) is 37.8 Å². The molecule has 0 radical (unpaired) electrons. The predicted molar refractivity (Wildman–Crippen MR) is 79.4 cm³/mol. The van der Waals surface area contributed by atoms with Crippen LogP contribution in [-0.4, -0.2) is 17.7 Å². The lowest BCUT2D eigenvalue weighted by Gasteiger charge is -2.44. The topological polar surface area (TPSA) is 23.5 Å². The molecule has 0 aromatic heterocycles. The number of aliphatic hydroxyl groups is 1. The second kappa shape index (κ2) is 5.54. The lowest BCUT2D eigenvalue weighted by atomic mass is 9.80. The van der Waals surface area contributed by atoms with Gasteiger partial charge in [-0.05, 0) is 31.2 Å². The number of rotatable bonds is 2. The van der Waals surface area contributed by atoms with Crippen LogP contribution in [0.2, 0.25) is 0 Å².